The van der Waals surface area contributed by atoms with Gasteiger partial charge in [0.05, 0.1) is 0 Å². The lowest BCUT2D eigenvalue weighted by Crippen LogP contribution is -2.41. The van der Waals surface area contributed by atoms with Crippen molar-refractivity contribution in [3.63, 3.8) is 0 Å². The maximum atomic E-state index is 11.2. The van der Waals surface area contributed by atoms with Gasteiger partial charge in [-0.25, -0.2) is 4.79 Å². The Morgan fingerprint density at radius 2 is 2.16 bits per heavy atom. The fourth-order valence-electron chi connectivity index (χ4n) is 1.95. The van der Waals surface area contributed by atoms with Gasteiger partial charge < -0.3 is 15.4 Å². The number of aliphatic carboxylic acids is 1. The molecule has 1 aromatic heterocycles. The Morgan fingerprint density at radius 1 is 1.42 bits per heavy atom. The average molecular weight is 258 g/mol. The van der Waals surface area contributed by atoms with Crippen molar-refractivity contribution in [2.45, 2.75) is 12.5 Å². The van der Waals surface area contributed by atoms with Gasteiger partial charge in [-0.2, -0.15) is 0 Å². The van der Waals surface area contributed by atoms with E-state index >= 15 is 0 Å². The van der Waals surface area contributed by atoms with Crippen LogP contribution >= 0.6 is 0 Å². The van der Waals surface area contributed by atoms with E-state index in [4.69, 9.17) is 5.11 Å². The molecular formula is C14H14N2O3. The number of amides is 1. The van der Waals surface area contributed by atoms with E-state index in [1.807, 2.05) is 24.3 Å². The second kappa shape index (κ2) is 5.39. The molecule has 19 heavy (non-hydrogen) atoms. The van der Waals surface area contributed by atoms with Crippen LogP contribution in [-0.4, -0.2) is 28.0 Å². The van der Waals surface area contributed by atoms with Crippen LogP contribution in [0.15, 0.2) is 43.1 Å². The average Bonchev–Trinajstić information content (AvgIpc) is 2.81. The van der Waals surface area contributed by atoms with Crippen molar-refractivity contribution < 1.29 is 14.7 Å². The zero-order valence-corrected chi connectivity index (χ0v) is 10.2. The predicted molar refractivity (Wildman–Crippen MR) is 71.8 cm³/mol. The zero-order valence-electron chi connectivity index (χ0n) is 10.2. The summed E-state index contributed by atoms with van der Waals surface area (Å²) in [5, 5.41) is 12.5. The van der Waals surface area contributed by atoms with Crippen molar-refractivity contribution in [3.8, 4) is 0 Å². The normalized spacial score (nSPS) is 12.0. The number of aromatic amines is 1. The third kappa shape index (κ3) is 2.82. The number of hydrogen-bond donors (Lipinski definition) is 3. The number of carbonyl (C=O) groups is 2. The zero-order chi connectivity index (χ0) is 13.8. The first-order valence-corrected chi connectivity index (χ1v) is 5.82. The van der Waals surface area contributed by atoms with Crippen LogP contribution in [0.4, 0.5) is 0 Å². The Morgan fingerprint density at radius 3 is 2.84 bits per heavy atom. The molecule has 1 amide bonds. The Labute approximate surface area is 109 Å². The van der Waals surface area contributed by atoms with Gasteiger partial charge in [-0.3, -0.25) is 4.79 Å². The van der Waals surface area contributed by atoms with Gasteiger partial charge in [0.2, 0.25) is 5.91 Å². The van der Waals surface area contributed by atoms with Gasteiger partial charge in [-0.05, 0) is 17.7 Å². The van der Waals surface area contributed by atoms with Crippen molar-refractivity contribution in [2.24, 2.45) is 0 Å². The fourth-order valence-corrected chi connectivity index (χ4v) is 1.95. The SMILES string of the molecule is C=CC(=O)N[C@@H](Cc1c[nH]c2ccccc12)C(=O)O. The van der Waals surface area contributed by atoms with Crippen LogP contribution in [0, 0.1) is 0 Å². The number of carboxylic acids is 1. The van der Waals surface area contributed by atoms with Crippen LogP contribution < -0.4 is 5.32 Å². The van der Waals surface area contributed by atoms with E-state index in [0.717, 1.165) is 22.5 Å². The maximum absolute atomic E-state index is 11.2. The van der Waals surface area contributed by atoms with Gasteiger partial charge in [0.25, 0.3) is 0 Å². The number of aromatic nitrogens is 1. The highest BCUT2D eigenvalue weighted by atomic mass is 16.4. The first-order chi connectivity index (χ1) is 9.11. The van der Waals surface area contributed by atoms with Crippen LogP contribution in [0.2, 0.25) is 0 Å². The Balaban J connectivity index is 2.23. The third-order valence-corrected chi connectivity index (χ3v) is 2.90. The molecule has 0 unspecified atom stereocenters. The van der Waals surface area contributed by atoms with Gasteiger partial charge >= 0.3 is 5.97 Å². The number of hydrogen-bond acceptors (Lipinski definition) is 2. The molecule has 1 atom stereocenters. The minimum atomic E-state index is -1.07. The topological polar surface area (TPSA) is 82.2 Å². The van der Waals surface area contributed by atoms with Crippen molar-refractivity contribution in [3.05, 3.63) is 48.7 Å². The Kier molecular flexibility index (Phi) is 3.66. The van der Waals surface area contributed by atoms with Gasteiger partial charge in [0, 0.05) is 23.5 Å². The highest BCUT2D eigenvalue weighted by Gasteiger charge is 2.20. The standard InChI is InChI=1S/C14H14N2O3/c1-2-13(17)16-12(14(18)19)7-9-8-15-11-6-4-3-5-10(9)11/h2-6,8,12,15H,1,7H2,(H,16,17)(H,18,19)/t12-/m0/s1. The van der Waals surface area contributed by atoms with Gasteiger partial charge in [0.15, 0.2) is 0 Å². The molecule has 0 spiro atoms. The van der Waals surface area contributed by atoms with Crippen molar-refractivity contribution in [2.75, 3.05) is 0 Å². The molecule has 5 heteroatoms. The predicted octanol–water partition coefficient (Wildman–Crippen LogP) is 1.47. The lowest BCUT2D eigenvalue weighted by molar-refractivity contribution is -0.141. The summed E-state index contributed by atoms with van der Waals surface area (Å²) >= 11 is 0. The largest absolute Gasteiger partial charge is 0.480 e. The molecule has 5 nitrogen and oxygen atoms in total. The first-order valence-electron chi connectivity index (χ1n) is 5.82. The number of para-hydroxylation sites is 1. The molecule has 3 N–H and O–H groups in total. The van der Waals surface area contributed by atoms with Crippen LogP contribution in [0.5, 0.6) is 0 Å². The molecule has 0 saturated carbocycles. The smallest absolute Gasteiger partial charge is 0.326 e. The Bertz CT molecular complexity index is 630. The highest BCUT2D eigenvalue weighted by Crippen LogP contribution is 2.19. The van der Waals surface area contributed by atoms with Crippen LogP contribution in [0.25, 0.3) is 10.9 Å². The molecule has 0 fully saturated rings. The van der Waals surface area contributed by atoms with E-state index in [1.165, 1.54) is 0 Å². The maximum Gasteiger partial charge on any atom is 0.326 e. The second-order valence-corrected chi connectivity index (χ2v) is 4.17. The number of benzene rings is 1. The number of rotatable bonds is 5. The minimum Gasteiger partial charge on any atom is -0.480 e. The summed E-state index contributed by atoms with van der Waals surface area (Å²) in [5.41, 5.74) is 1.80. The molecule has 98 valence electrons. The molecule has 0 bridgehead atoms. The molecular weight excluding hydrogens is 244 g/mol. The van der Waals surface area contributed by atoms with Gasteiger partial charge in [0.1, 0.15) is 6.04 Å². The van der Waals surface area contributed by atoms with E-state index in [9.17, 15) is 9.59 Å². The molecule has 1 aromatic carbocycles. The summed E-state index contributed by atoms with van der Waals surface area (Å²) in [6, 6.07) is 6.64. The lowest BCUT2D eigenvalue weighted by Gasteiger charge is -2.12. The summed E-state index contributed by atoms with van der Waals surface area (Å²) in [5.74, 6) is -1.56. The molecule has 0 saturated heterocycles. The third-order valence-electron chi connectivity index (χ3n) is 2.90. The van der Waals surface area contributed by atoms with E-state index in [-0.39, 0.29) is 6.42 Å². The van der Waals surface area contributed by atoms with Crippen LogP contribution in [-0.2, 0) is 16.0 Å². The van der Waals surface area contributed by atoms with Crippen molar-refractivity contribution in [1.29, 1.82) is 0 Å². The molecule has 0 aliphatic rings. The van der Waals surface area contributed by atoms with Gasteiger partial charge in [-0.1, -0.05) is 24.8 Å². The summed E-state index contributed by atoms with van der Waals surface area (Å²) in [7, 11) is 0. The molecule has 1 heterocycles. The molecule has 0 aliphatic carbocycles. The summed E-state index contributed by atoms with van der Waals surface area (Å²) in [6.45, 7) is 3.31. The van der Waals surface area contributed by atoms with E-state index in [1.54, 1.807) is 6.20 Å². The number of carbonyl (C=O) groups excluding carboxylic acids is 1. The van der Waals surface area contributed by atoms with Crippen LogP contribution in [0.1, 0.15) is 5.56 Å². The Hall–Kier alpha value is -2.56. The fraction of sp³-hybridized carbons (Fsp3) is 0.143. The number of nitrogens with one attached hydrogen (secondary N) is 2. The minimum absolute atomic E-state index is 0.221. The monoisotopic (exact) mass is 258 g/mol. The molecule has 0 radical (unpaired) electrons. The van der Waals surface area contributed by atoms with Crippen molar-refractivity contribution in [1.82, 2.24) is 10.3 Å². The van der Waals surface area contributed by atoms with Gasteiger partial charge in [-0.15, -0.1) is 0 Å². The quantitative estimate of drug-likeness (QED) is 0.710. The molecule has 2 aromatic rings. The summed E-state index contributed by atoms with van der Waals surface area (Å²) in [6.07, 6.45) is 3.05. The second-order valence-electron chi connectivity index (χ2n) is 4.17. The number of H-pyrrole nitrogens is 1. The van der Waals surface area contributed by atoms with Crippen LogP contribution in [0.3, 0.4) is 0 Å². The van der Waals surface area contributed by atoms with E-state index in [2.05, 4.69) is 16.9 Å². The molecule has 2 rings (SSSR count). The number of fused-ring (bicyclic) bond motifs is 1. The first kappa shape index (κ1) is 12.9. The molecule has 0 aliphatic heterocycles. The van der Waals surface area contributed by atoms with Crippen molar-refractivity contribution >= 4 is 22.8 Å². The highest BCUT2D eigenvalue weighted by molar-refractivity contribution is 5.91. The summed E-state index contributed by atoms with van der Waals surface area (Å²) in [4.78, 5) is 25.4. The number of carboxylic acid groups (broad SMARTS) is 1. The lowest BCUT2D eigenvalue weighted by atomic mass is 10.1. The summed E-state index contributed by atoms with van der Waals surface area (Å²) < 4.78 is 0. The van der Waals surface area contributed by atoms with E-state index in [0.29, 0.717) is 0 Å². The van der Waals surface area contributed by atoms with E-state index < -0.39 is 17.9 Å².